The molecule has 2 heterocycles. The van der Waals surface area contributed by atoms with Crippen LogP contribution in [0.1, 0.15) is 38.5 Å². The second-order valence-electron chi connectivity index (χ2n) is 5.64. The molecule has 0 radical (unpaired) electrons. The van der Waals surface area contributed by atoms with Gasteiger partial charge in [-0.05, 0) is 32.7 Å². The Balaban J connectivity index is 2.01. The van der Waals surface area contributed by atoms with E-state index in [4.69, 9.17) is 9.47 Å². The monoisotopic (exact) mass is 243 g/mol. The first kappa shape index (κ1) is 13.3. The summed E-state index contributed by atoms with van der Waals surface area (Å²) in [4.78, 5) is 2.45. The van der Waals surface area contributed by atoms with Gasteiger partial charge >= 0.3 is 0 Å². The van der Waals surface area contributed by atoms with Crippen molar-refractivity contribution in [3.05, 3.63) is 0 Å². The predicted octanol–water partition coefficient (Wildman–Crippen LogP) is 1.37. The molecule has 0 aromatic heterocycles. The zero-order chi connectivity index (χ0) is 12.5. The summed E-state index contributed by atoms with van der Waals surface area (Å²) in [7, 11) is 5.46. The maximum Gasteiger partial charge on any atom is 0.159 e. The molecule has 2 unspecified atom stereocenters. The SMILES string of the molecule is COC(CC1(O)CC2CCCC(C1)N2C)OC. The number of fused-ring (bicyclic) bond motifs is 2. The van der Waals surface area contributed by atoms with Crippen molar-refractivity contribution in [3.8, 4) is 0 Å². The summed E-state index contributed by atoms with van der Waals surface area (Å²) in [5.74, 6) is 0. The Morgan fingerprint density at radius 3 is 2.24 bits per heavy atom. The van der Waals surface area contributed by atoms with Crippen LogP contribution in [0.25, 0.3) is 0 Å². The van der Waals surface area contributed by atoms with Crippen LogP contribution in [0, 0.1) is 0 Å². The minimum absolute atomic E-state index is 0.288. The van der Waals surface area contributed by atoms with Gasteiger partial charge in [-0.25, -0.2) is 0 Å². The van der Waals surface area contributed by atoms with Crippen LogP contribution in [0.4, 0.5) is 0 Å². The van der Waals surface area contributed by atoms with E-state index in [9.17, 15) is 5.11 Å². The zero-order valence-electron chi connectivity index (χ0n) is 11.2. The third-order valence-corrected chi connectivity index (χ3v) is 4.53. The third-order valence-electron chi connectivity index (χ3n) is 4.53. The Kier molecular flexibility index (Phi) is 4.08. The highest BCUT2D eigenvalue weighted by Crippen LogP contribution is 2.40. The molecule has 1 N–H and O–H groups in total. The van der Waals surface area contributed by atoms with Gasteiger partial charge in [-0.15, -0.1) is 0 Å². The first-order chi connectivity index (χ1) is 8.08. The number of hydrogen-bond donors (Lipinski definition) is 1. The smallest absolute Gasteiger partial charge is 0.159 e. The molecule has 2 aliphatic rings. The highest BCUT2D eigenvalue weighted by atomic mass is 16.7. The summed E-state index contributed by atoms with van der Waals surface area (Å²) >= 11 is 0. The van der Waals surface area contributed by atoms with Crippen LogP contribution in [-0.4, -0.2) is 55.2 Å². The average molecular weight is 243 g/mol. The Bertz CT molecular complexity index is 236. The van der Waals surface area contributed by atoms with Gasteiger partial charge in [-0.2, -0.15) is 0 Å². The van der Waals surface area contributed by atoms with Crippen molar-refractivity contribution in [2.24, 2.45) is 0 Å². The number of rotatable bonds is 4. The first-order valence-corrected chi connectivity index (χ1v) is 6.58. The second kappa shape index (κ2) is 5.22. The number of ether oxygens (including phenoxy) is 2. The van der Waals surface area contributed by atoms with Crippen molar-refractivity contribution in [1.82, 2.24) is 4.90 Å². The van der Waals surface area contributed by atoms with E-state index in [1.165, 1.54) is 19.3 Å². The molecule has 0 amide bonds. The highest BCUT2D eigenvalue weighted by Gasteiger charge is 2.44. The van der Waals surface area contributed by atoms with Crippen LogP contribution >= 0.6 is 0 Å². The summed E-state index contributed by atoms with van der Waals surface area (Å²) in [5.41, 5.74) is -0.612. The summed E-state index contributed by atoms with van der Waals surface area (Å²) in [5, 5.41) is 10.7. The van der Waals surface area contributed by atoms with Crippen LogP contribution < -0.4 is 0 Å². The zero-order valence-corrected chi connectivity index (χ0v) is 11.2. The Hall–Kier alpha value is -0.160. The van der Waals surface area contributed by atoms with Crippen molar-refractivity contribution >= 4 is 0 Å². The summed E-state index contributed by atoms with van der Waals surface area (Å²) in [6.07, 6.45) is 5.71. The van der Waals surface area contributed by atoms with Gasteiger partial charge < -0.3 is 19.5 Å². The molecule has 0 saturated carbocycles. The van der Waals surface area contributed by atoms with Crippen LogP contribution in [0.5, 0.6) is 0 Å². The van der Waals surface area contributed by atoms with E-state index in [0.29, 0.717) is 18.5 Å². The quantitative estimate of drug-likeness (QED) is 0.757. The van der Waals surface area contributed by atoms with Crippen LogP contribution in [0.2, 0.25) is 0 Å². The summed E-state index contributed by atoms with van der Waals surface area (Å²) in [6, 6.07) is 1.06. The first-order valence-electron chi connectivity index (χ1n) is 6.58. The van der Waals surface area contributed by atoms with Crippen molar-refractivity contribution in [3.63, 3.8) is 0 Å². The molecule has 2 fully saturated rings. The van der Waals surface area contributed by atoms with E-state index in [1.54, 1.807) is 14.2 Å². The van der Waals surface area contributed by atoms with Crippen molar-refractivity contribution in [2.75, 3.05) is 21.3 Å². The number of nitrogens with zero attached hydrogens (tertiary/aromatic N) is 1. The highest BCUT2D eigenvalue weighted by molar-refractivity contribution is 4.98. The lowest BCUT2D eigenvalue weighted by atomic mass is 9.74. The molecular formula is C13H25NO3. The molecule has 0 aliphatic carbocycles. The fourth-order valence-corrected chi connectivity index (χ4v) is 3.49. The maximum absolute atomic E-state index is 10.7. The van der Waals surface area contributed by atoms with E-state index in [-0.39, 0.29) is 6.29 Å². The molecule has 100 valence electrons. The Labute approximate surface area is 104 Å². The van der Waals surface area contributed by atoms with Gasteiger partial charge in [0.25, 0.3) is 0 Å². The largest absolute Gasteiger partial charge is 0.390 e. The molecule has 17 heavy (non-hydrogen) atoms. The normalized spacial score (nSPS) is 38.6. The van der Waals surface area contributed by atoms with E-state index < -0.39 is 5.60 Å². The Morgan fingerprint density at radius 2 is 1.76 bits per heavy atom. The molecule has 4 nitrogen and oxygen atoms in total. The minimum atomic E-state index is -0.612. The van der Waals surface area contributed by atoms with Crippen LogP contribution in [0.15, 0.2) is 0 Å². The van der Waals surface area contributed by atoms with Crippen molar-refractivity contribution in [2.45, 2.75) is 62.5 Å². The van der Waals surface area contributed by atoms with Gasteiger partial charge in [0.05, 0.1) is 5.60 Å². The topological polar surface area (TPSA) is 41.9 Å². The number of hydrogen-bond acceptors (Lipinski definition) is 4. The van der Waals surface area contributed by atoms with Crippen molar-refractivity contribution < 1.29 is 14.6 Å². The van der Waals surface area contributed by atoms with Gasteiger partial charge in [0.15, 0.2) is 6.29 Å². The molecular weight excluding hydrogens is 218 g/mol. The van der Waals surface area contributed by atoms with Gasteiger partial charge in [0.1, 0.15) is 0 Å². The van der Waals surface area contributed by atoms with E-state index in [1.807, 2.05) is 0 Å². The second-order valence-corrected chi connectivity index (χ2v) is 5.64. The molecule has 0 aromatic carbocycles. The Morgan fingerprint density at radius 1 is 1.24 bits per heavy atom. The summed E-state index contributed by atoms with van der Waals surface area (Å²) < 4.78 is 10.4. The van der Waals surface area contributed by atoms with E-state index >= 15 is 0 Å². The molecule has 2 atom stereocenters. The molecule has 2 saturated heterocycles. The van der Waals surface area contributed by atoms with Gasteiger partial charge in [-0.3, -0.25) is 0 Å². The summed E-state index contributed by atoms with van der Waals surface area (Å²) in [6.45, 7) is 0. The maximum atomic E-state index is 10.7. The minimum Gasteiger partial charge on any atom is -0.390 e. The average Bonchev–Trinajstić information content (AvgIpc) is 2.29. The predicted molar refractivity (Wildman–Crippen MR) is 65.8 cm³/mol. The molecule has 2 aliphatic heterocycles. The van der Waals surface area contributed by atoms with Crippen LogP contribution in [-0.2, 0) is 9.47 Å². The number of aliphatic hydroxyl groups is 1. The van der Waals surface area contributed by atoms with Gasteiger partial charge in [0, 0.05) is 32.7 Å². The van der Waals surface area contributed by atoms with Crippen molar-refractivity contribution in [1.29, 1.82) is 0 Å². The van der Waals surface area contributed by atoms with E-state index in [0.717, 1.165) is 12.8 Å². The number of piperidine rings is 2. The molecule has 4 heteroatoms. The lowest BCUT2D eigenvalue weighted by molar-refractivity contribution is -0.167. The standard InChI is InChI=1S/C13H25NO3/c1-14-10-5-4-6-11(14)8-13(15,7-10)9-12(16-2)17-3/h10-12,15H,4-9H2,1-3H3. The molecule has 2 bridgehead atoms. The van der Waals surface area contributed by atoms with E-state index in [2.05, 4.69) is 11.9 Å². The fourth-order valence-electron chi connectivity index (χ4n) is 3.49. The molecule has 2 rings (SSSR count). The fraction of sp³-hybridized carbons (Fsp3) is 1.00. The third kappa shape index (κ3) is 2.81. The lowest BCUT2D eigenvalue weighted by Gasteiger charge is -2.51. The van der Waals surface area contributed by atoms with Crippen LogP contribution in [0.3, 0.4) is 0 Å². The number of methoxy groups -OCH3 is 2. The lowest BCUT2D eigenvalue weighted by Crippen LogP contribution is -2.57. The van der Waals surface area contributed by atoms with Gasteiger partial charge in [0.2, 0.25) is 0 Å². The molecule has 0 aromatic rings. The van der Waals surface area contributed by atoms with Gasteiger partial charge in [-0.1, -0.05) is 6.42 Å². The molecule has 0 spiro atoms.